The number of hydrogen-bond donors (Lipinski definition) is 2. The molecule has 4 heteroatoms. The maximum absolute atomic E-state index is 4.78. The Morgan fingerprint density at radius 2 is 1.67 bits per heavy atom. The standard InChI is InChI=1S/C17H30N4/c1-7-10-18-13-12(2)14(19-11-17(6)8-9-17)21-15(20-13)16(3,4)5/h7-11H2,1-6H3,(H2,18,19,20,21). The van der Waals surface area contributed by atoms with Gasteiger partial charge in [0, 0.05) is 24.1 Å². The van der Waals surface area contributed by atoms with Crippen molar-refractivity contribution in [2.45, 2.75) is 66.2 Å². The lowest BCUT2D eigenvalue weighted by Gasteiger charge is -2.22. The summed E-state index contributed by atoms with van der Waals surface area (Å²) >= 11 is 0. The van der Waals surface area contributed by atoms with Crippen molar-refractivity contribution in [3.8, 4) is 0 Å². The average Bonchev–Trinajstić information content (AvgIpc) is 3.13. The Kier molecular flexibility index (Phi) is 4.45. The van der Waals surface area contributed by atoms with Crippen LogP contribution in [0.25, 0.3) is 0 Å². The summed E-state index contributed by atoms with van der Waals surface area (Å²) in [5.74, 6) is 2.86. The maximum atomic E-state index is 4.78. The monoisotopic (exact) mass is 290 g/mol. The van der Waals surface area contributed by atoms with Gasteiger partial charge in [-0.3, -0.25) is 0 Å². The van der Waals surface area contributed by atoms with Crippen LogP contribution in [0.4, 0.5) is 11.6 Å². The van der Waals surface area contributed by atoms with E-state index in [4.69, 9.17) is 9.97 Å². The predicted octanol–water partition coefficient (Wildman–Crippen LogP) is 4.12. The van der Waals surface area contributed by atoms with E-state index in [1.807, 2.05) is 0 Å². The third-order valence-electron chi connectivity index (χ3n) is 4.15. The van der Waals surface area contributed by atoms with Gasteiger partial charge in [0.1, 0.15) is 17.5 Å². The second-order valence-corrected chi connectivity index (χ2v) is 7.71. The smallest absolute Gasteiger partial charge is 0.138 e. The van der Waals surface area contributed by atoms with Crippen molar-refractivity contribution in [2.75, 3.05) is 23.7 Å². The molecule has 0 saturated heterocycles. The lowest BCUT2D eigenvalue weighted by atomic mass is 9.95. The molecule has 0 radical (unpaired) electrons. The Morgan fingerprint density at radius 1 is 1.10 bits per heavy atom. The fourth-order valence-corrected chi connectivity index (χ4v) is 2.13. The molecule has 0 aromatic carbocycles. The summed E-state index contributed by atoms with van der Waals surface area (Å²) in [7, 11) is 0. The van der Waals surface area contributed by atoms with Crippen molar-refractivity contribution in [1.82, 2.24) is 9.97 Å². The number of aromatic nitrogens is 2. The molecule has 0 unspecified atom stereocenters. The molecule has 1 heterocycles. The molecule has 21 heavy (non-hydrogen) atoms. The summed E-state index contributed by atoms with van der Waals surface area (Å²) in [5, 5.41) is 6.99. The molecular formula is C17H30N4. The highest BCUT2D eigenvalue weighted by molar-refractivity contribution is 5.57. The Labute approximate surface area is 129 Å². The predicted molar refractivity (Wildman–Crippen MR) is 90.1 cm³/mol. The van der Waals surface area contributed by atoms with Gasteiger partial charge >= 0.3 is 0 Å². The topological polar surface area (TPSA) is 49.8 Å². The van der Waals surface area contributed by atoms with Crippen molar-refractivity contribution in [2.24, 2.45) is 5.41 Å². The molecule has 1 aliphatic rings. The van der Waals surface area contributed by atoms with Crippen molar-refractivity contribution in [3.63, 3.8) is 0 Å². The highest BCUT2D eigenvalue weighted by Gasteiger charge is 2.37. The molecule has 1 saturated carbocycles. The van der Waals surface area contributed by atoms with Gasteiger partial charge in [0.15, 0.2) is 0 Å². The Hall–Kier alpha value is -1.32. The van der Waals surface area contributed by atoms with E-state index in [-0.39, 0.29) is 5.41 Å². The van der Waals surface area contributed by atoms with E-state index in [0.29, 0.717) is 5.41 Å². The fraction of sp³-hybridized carbons (Fsp3) is 0.765. The van der Waals surface area contributed by atoms with Crippen LogP contribution in [0.5, 0.6) is 0 Å². The van der Waals surface area contributed by atoms with Crippen LogP contribution in [0.2, 0.25) is 0 Å². The molecule has 2 N–H and O–H groups in total. The van der Waals surface area contributed by atoms with E-state index in [2.05, 4.69) is 52.2 Å². The van der Waals surface area contributed by atoms with Gasteiger partial charge in [0.2, 0.25) is 0 Å². The zero-order valence-electron chi connectivity index (χ0n) is 14.4. The molecular weight excluding hydrogens is 260 g/mol. The third kappa shape index (κ3) is 4.08. The number of rotatable bonds is 6. The molecule has 1 fully saturated rings. The first-order valence-electron chi connectivity index (χ1n) is 8.12. The van der Waals surface area contributed by atoms with Crippen LogP contribution in [0, 0.1) is 12.3 Å². The molecule has 0 amide bonds. The maximum Gasteiger partial charge on any atom is 0.138 e. The second-order valence-electron chi connectivity index (χ2n) is 7.71. The Balaban J connectivity index is 2.27. The van der Waals surface area contributed by atoms with E-state index in [0.717, 1.165) is 42.5 Å². The van der Waals surface area contributed by atoms with Gasteiger partial charge in [-0.1, -0.05) is 34.6 Å². The number of nitrogens with one attached hydrogen (secondary N) is 2. The lowest BCUT2D eigenvalue weighted by molar-refractivity contribution is 0.544. The summed E-state index contributed by atoms with van der Waals surface area (Å²) in [6.07, 6.45) is 3.73. The number of nitrogens with zero attached hydrogens (tertiary/aromatic N) is 2. The zero-order chi connectivity index (χ0) is 15.7. The largest absolute Gasteiger partial charge is 0.370 e. The van der Waals surface area contributed by atoms with E-state index in [9.17, 15) is 0 Å². The first-order chi connectivity index (χ1) is 9.75. The van der Waals surface area contributed by atoms with Crippen LogP contribution in [0.3, 0.4) is 0 Å². The van der Waals surface area contributed by atoms with Crippen LogP contribution >= 0.6 is 0 Å². The van der Waals surface area contributed by atoms with Gasteiger partial charge in [0.25, 0.3) is 0 Å². The molecule has 4 nitrogen and oxygen atoms in total. The van der Waals surface area contributed by atoms with Crippen LogP contribution in [-0.2, 0) is 5.41 Å². The van der Waals surface area contributed by atoms with Gasteiger partial charge in [0.05, 0.1) is 0 Å². The normalized spacial score (nSPS) is 16.7. The Bertz CT molecular complexity index is 498. The molecule has 0 bridgehead atoms. The molecule has 1 aromatic heterocycles. The molecule has 0 spiro atoms. The van der Waals surface area contributed by atoms with Crippen molar-refractivity contribution in [3.05, 3.63) is 11.4 Å². The highest BCUT2D eigenvalue weighted by atomic mass is 15.1. The minimum atomic E-state index is -0.0454. The van der Waals surface area contributed by atoms with Crippen LogP contribution < -0.4 is 10.6 Å². The van der Waals surface area contributed by atoms with E-state index in [1.165, 1.54) is 12.8 Å². The fourth-order valence-electron chi connectivity index (χ4n) is 2.13. The quantitative estimate of drug-likeness (QED) is 0.827. The summed E-state index contributed by atoms with van der Waals surface area (Å²) in [5.41, 5.74) is 1.55. The molecule has 0 atom stereocenters. The molecule has 1 aromatic rings. The van der Waals surface area contributed by atoms with Crippen LogP contribution in [-0.4, -0.2) is 23.1 Å². The Morgan fingerprint density at radius 3 is 2.14 bits per heavy atom. The SMILES string of the molecule is CCCNc1nc(C(C)(C)C)nc(NCC2(C)CC2)c1C. The first-order valence-corrected chi connectivity index (χ1v) is 8.12. The molecule has 118 valence electrons. The van der Waals surface area contributed by atoms with E-state index >= 15 is 0 Å². The van der Waals surface area contributed by atoms with Gasteiger partial charge in [-0.2, -0.15) is 0 Å². The lowest BCUT2D eigenvalue weighted by Crippen LogP contribution is -2.21. The summed E-state index contributed by atoms with van der Waals surface area (Å²) in [4.78, 5) is 9.52. The van der Waals surface area contributed by atoms with E-state index < -0.39 is 0 Å². The van der Waals surface area contributed by atoms with Gasteiger partial charge in [-0.15, -0.1) is 0 Å². The van der Waals surface area contributed by atoms with Gasteiger partial charge in [-0.05, 0) is 31.6 Å². The van der Waals surface area contributed by atoms with Crippen molar-refractivity contribution >= 4 is 11.6 Å². The number of hydrogen-bond acceptors (Lipinski definition) is 4. The summed E-state index contributed by atoms with van der Waals surface area (Å²) < 4.78 is 0. The van der Waals surface area contributed by atoms with Crippen molar-refractivity contribution in [1.29, 1.82) is 0 Å². The first kappa shape index (κ1) is 16.1. The minimum Gasteiger partial charge on any atom is -0.370 e. The number of anilines is 2. The highest BCUT2D eigenvalue weighted by Crippen LogP contribution is 2.44. The van der Waals surface area contributed by atoms with E-state index in [1.54, 1.807) is 0 Å². The molecule has 2 rings (SSSR count). The molecule has 0 aliphatic heterocycles. The summed E-state index contributed by atoms with van der Waals surface area (Å²) in [6, 6.07) is 0. The second kappa shape index (κ2) is 5.82. The van der Waals surface area contributed by atoms with Crippen LogP contribution in [0.1, 0.15) is 65.3 Å². The average molecular weight is 290 g/mol. The van der Waals surface area contributed by atoms with Crippen LogP contribution in [0.15, 0.2) is 0 Å². The van der Waals surface area contributed by atoms with Crippen molar-refractivity contribution < 1.29 is 0 Å². The minimum absolute atomic E-state index is 0.0454. The molecule has 1 aliphatic carbocycles. The zero-order valence-corrected chi connectivity index (χ0v) is 14.4. The van der Waals surface area contributed by atoms with Gasteiger partial charge < -0.3 is 10.6 Å². The third-order valence-corrected chi connectivity index (χ3v) is 4.15. The summed E-state index contributed by atoms with van der Waals surface area (Å²) in [6.45, 7) is 15.0. The van der Waals surface area contributed by atoms with Gasteiger partial charge in [-0.25, -0.2) is 9.97 Å².